The van der Waals surface area contributed by atoms with Crippen molar-refractivity contribution in [1.82, 2.24) is 14.9 Å². The van der Waals surface area contributed by atoms with Gasteiger partial charge in [-0.3, -0.25) is 4.99 Å². The molecule has 0 radical (unpaired) electrons. The van der Waals surface area contributed by atoms with Gasteiger partial charge in [0.25, 0.3) is 0 Å². The maximum absolute atomic E-state index is 11.8. The highest BCUT2D eigenvalue weighted by Gasteiger charge is 2.35. The molecule has 0 aliphatic carbocycles. The number of hydrogen-bond acceptors (Lipinski definition) is 4. The van der Waals surface area contributed by atoms with E-state index in [1.165, 1.54) is 4.31 Å². The molecule has 0 aromatic rings. The second-order valence-electron chi connectivity index (χ2n) is 8.28. The SMILES string of the molecule is CCNC(=NCC1CCCOC1C(C)(C)C)NCCCN(C)S(=O)(=O)CC. The van der Waals surface area contributed by atoms with Gasteiger partial charge in [0, 0.05) is 45.8 Å². The summed E-state index contributed by atoms with van der Waals surface area (Å²) >= 11 is 0. The number of nitrogens with one attached hydrogen (secondary N) is 2. The molecule has 0 saturated carbocycles. The molecule has 160 valence electrons. The minimum Gasteiger partial charge on any atom is -0.377 e. The molecule has 7 nitrogen and oxygen atoms in total. The minimum absolute atomic E-state index is 0.113. The van der Waals surface area contributed by atoms with Gasteiger partial charge in [0.15, 0.2) is 5.96 Å². The van der Waals surface area contributed by atoms with Crippen molar-refractivity contribution in [3.8, 4) is 0 Å². The van der Waals surface area contributed by atoms with Crippen molar-refractivity contribution < 1.29 is 13.2 Å². The molecule has 1 fully saturated rings. The van der Waals surface area contributed by atoms with E-state index in [9.17, 15) is 8.42 Å². The fourth-order valence-electron chi connectivity index (χ4n) is 3.41. The van der Waals surface area contributed by atoms with Crippen molar-refractivity contribution in [2.24, 2.45) is 16.3 Å². The molecular weight excluding hydrogens is 364 g/mol. The van der Waals surface area contributed by atoms with Crippen LogP contribution in [-0.2, 0) is 14.8 Å². The summed E-state index contributed by atoms with van der Waals surface area (Å²) < 4.78 is 31.0. The first-order valence-corrected chi connectivity index (χ1v) is 11.8. The lowest BCUT2D eigenvalue weighted by atomic mass is 9.78. The molecule has 1 heterocycles. The summed E-state index contributed by atoms with van der Waals surface area (Å²) in [5.74, 6) is 1.35. The second-order valence-corrected chi connectivity index (χ2v) is 10.6. The van der Waals surface area contributed by atoms with Gasteiger partial charge in [-0.1, -0.05) is 20.8 Å². The Bertz CT molecular complexity index is 558. The third kappa shape index (κ3) is 8.35. The Labute approximate surface area is 166 Å². The van der Waals surface area contributed by atoms with E-state index in [1.807, 2.05) is 6.92 Å². The van der Waals surface area contributed by atoms with Gasteiger partial charge < -0.3 is 15.4 Å². The van der Waals surface area contributed by atoms with Crippen LogP contribution in [0.1, 0.15) is 53.9 Å². The average Bonchev–Trinajstić information content (AvgIpc) is 2.62. The van der Waals surface area contributed by atoms with Crippen LogP contribution in [0.4, 0.5) is 0 Å². The largest absolute Gasteiger partial charge is 0.377 e. The number of sulfonamides is 1. The van der Waals surface area contributed by atoms with Gasteiger partial charge in [-0.2, -0.15) is 0 Å². The highest BCUT2D eigenvalue weighted by Crippen LogP contribution is 2.34. The molecule has 1 saturated heterocycles. The van der Waals surface area contributed by atoms with Crippen molar-refractivity contribution in [2.75, 3.05) is 45.6 Å². The summed E-state index contributed by atoms with van der Waals surface area (Å²) in [6.45, 7) is 13.9. The Kier molecular flexibility index (Phi) is 10.0. The fraction of sp³-hybridized carbons (Fsp3) is 0.947. The summed E-state index contributed by atoms with van der Waals surface area (Å²) in [5.41, 5.74) is 0.113. The Balaban J connectivity index is 2.54. The van der Waals surface area contributed by atoms with Crippen LogP contribution < -0.4 is 10.6 Å². The number of guanidine groups is 1. The van der Waals surface area contributed by atoms with E-state index in [1.54, 1.807) is 14.0 Å². The van der Waals surface area contributed by atoms with E-state index in [2.05, 4.69) is 31.4 Å². The quantitative estimate of drug-likeness (QED) is 0.349. The second kappa shape index (κ2) is 11.2. The summed E-state index contributed by atoms with van der Waals surface area (Å²) in [5, 5.41) is 6.59. The summed E-state index contributed by atoms with van der Waals surface area (Å²) in [4.78, 5) is 4.77. The third-order valence-corrected chi connectivity index (χ3v) is 6.77. The standard InChI is InChI=1S/C19H40N4O3S/c1-7-20-18(21-12-10-13-23(6)27(24,25)8-2)22-15-16-11-9-14-26-17(16)19(3,4)5/h16-17H,7-15H2,1-6H3,(H2,20,21,22). The highest BCUT2D eigenvalue weighted by molar-refractivity contribution is 7.89. The van der Waals surface area contributed by atoms with Crippen LogP contribution in [0.15, 0.2) is 4.99 Å². The monoisotopic (exact) mass is 404 g/mol. The lowest BCUT2D eigenvalue weighted by Crippen LogP contribution is -2.43. The number of ether oxygens (including phenoxy) is 1. The van der Waals surface area contributed by atoms with Crippen molar-refractivity contribution in [3.05, 3.63) is 0 Å². The highest BCUT2D eigenvalue weighted by atomic mass is 32.2. The zero-order valence-electron chi connectivity index (χ0n) is 18.0. The van der Waals surface area contributed by atoms with Crippen LogP contribution in [0.3, 0.4) is 0 Å². The number of nitrogens with zero attached hydrogens (tertiary/aromatic N) is 2. The zero-order chi connectivity index (χ0) is 20.5. The van der Waals surface area contributed by atoms with Crippen molar-refractivity contribution in [1.29, 1.82) is 0 Å². The zero-order valence-corrected chi connectivity index (χ0v) is 18.9. The maximum atomic E-state index is 11.8. The first-order chi connectivity index (χ1) is 12.6. The first-order valence-electron chi connectivity index (χ1n) is 10.2. The van der Waals surface area contributed by atoms with Crippen LogP contribution in [0.5, 0.6) is 0 Å². The predicted octanol–water partition coefficient (Wildman–Crippen LogP) is 2.05. The molecular formula is C19H40N4O3S. The lowest BCUT2D eigenvalue weighted by Gasteiger charge is -2.39. The van der Waals surface area contributed by atoms with Crippen LogP contribution in [-0.4, -0.2) is 70.4 Å². The Morgan fingerprint density at radius 3 is 2.56 bits per heavy atom. The molecule has 2 N–H and O–H groups in total. The van der Waals surface area contributed by atoms with Gasteiger partial charge >= 0.3 is 0 Å². The summed E-state index contributed by atoms with van der Waals surface area (Å²) in [6.07, 6.45) is 3.20. The van der Waals surface area contributed by atoms with E-state index >= 15 is 0 Å². The number of hydrogen-bond donors (Lipinski definition) is 2. The Morgan fingerprint density at radius 2 is 1.96 bits per heavy atom. The molecule has 2 unspecified atom stereocenters. The Hall–Kier alpha value is -0.860. The van der Waals surface area contributed by atoms with Crippen LogP contribution in [0, 0.1) is 11.3 Å². The average molecular weight is 405 g/mol. The smallest absolute Gasteiger partial charge is 0.213 e. The number of rotatable bonds is 9. The molecule has 1 aliphatic rings. The van der Waals surface area contributed by atoms with Crippen LogP contribution >= 0.6 is 0 Å². The van der Waals surface area contributed by atoms with Gasteiger partial charge in [0.1, 0.15) is 0 Å². The molecule has 27 heavy (non-hydrogen) atoms. The fourth-order valence-corrected chi connectivity index (χ4v) is 4.25. The van der Waals surface area contributed by atoms with Crippen molar-refractivity contribution in [2.45, 2.75) is 60.0 Å². The van der Waals surface area contributed by atoms with Crippen molar-refractivity contribution >= 4 is 16.0 Å². The molecule has 2 atom stereocenters. The molecule has 0 aromatic heterocycles. The van der Waals surface area contributed by atoms with E-state index < -0.39 is 10.0 Å². The number of aliphatic imine (C=N–C) groups is 1. The van der Waals surface area contributed by atoms with Crippen LogP contribution in [0.25, 0.3) is 0 Å². The summed E-state index contributed by atoms with van der Waals surface area (Å²) in [6, 6.07) is 0. The maximum Gasteiger partial charge on any atom is 0.213 e. The van der Waals surface area contributed by atoms with Gasteiger partial charge in [-0.15, -0.1) is 0 Å². The molecule has 8 heteroatoms. The van der Waals surface area contributed by atoms with E-state index in [0.717, 1.165) is 44.9 Å². The third-order valence-electron chi connectivity index (χ3n) is 4.91. The topological polar surface area (TPSA) is 83.0 Å². The van der Waals surface area contributed by atoms with Gasteiger partial charge in [0.2, 0.25) is 10.0 Å². The van der Waals surface area contributed by atoms with Gasteiger partial charge in [-0.25, -0.2) is 12.7 Å². The molecule has 0 bridgehead atoms. The normalized spacial score (nSPS) is 22.1. The molecule has 1 rings (SSSR count). The van der Waals surface area contributed by atoms with E-state index in [4.69, 9.17) is 9.73 Å². The predicted molar refractivity (Wildman–Crippen MR) is 113 cm³/mol. The molecule has 0 spiro atoms. The lowest BCUT2D eigenvalue weighted by molar-refractivity contribution is -0.0823. The van der Waals surface area contributed by atoms with E-state index in [-0.39, 0.29) is 17.3 Å². The minimum atomic E-state index is -3.11. The molecule has 0 amide bonds. The molecule has 0 aromatic carbocycles. The summed E-state index contributed by atoms with van der Waals surface area (Å²) in [7, 11) is -1.48. The first kappa shape index (κ1) is 24.2. The van der Waals surface area contributed by atoms with E-state index in [0.29, 0.717) is 19.0 Å². The van der Waals surface area contributed by atoms with Crippen LogP contribution in [0.2, 0.25) is 0 Å². The Morgan fingerprint density at radius 1 is 1.26 bits per heavy atom. The van der Waals surface area contributed by atoms with Crippen molar-refractivity contribution in [3.63, 3.8) is 0 Å². The molecule has 1 aliphatic heterocycles. The van der Waals surface area contributed by atoms with Gasteiger partial charge in [0.05, 0.1) is 11.9 Å². The van der Waals surface area contributed by atoms with Gasteiger partial charge in [-0.05, 0) is 38.5 Å².